The van der Waals surface area contributed by atoms with Crippen molar-refractivity contribution in [1.82, 2.24) is 19.9 Å². The second-order valence-corrected chi connectivity index (χ2v) is 8.16. The van der Waals surface area contributed by atoms with Crippen molar-refractivity contribution in [2.24, 2.45) is 0 Å². The number of esters is 1. The summed E-state index contributed by atoms with van der Waals surface area (Å²) in [5, 5.41) is 0. The molecule has 2 N–H and O–H groups in total. The summed E-state index contributed by atoms with van der Waals surface area (Å²) < 4.78 is 4.82. The van der Waals surface area contributed by atoms with Gasteiger partial charge in [0.25, 0.3) is 0 Å². The van der Waals surface area contributed by atoms with E-state index in [1.54, 1.807) is 12.1 Å². The number of nitrogens with one attached hydrogen (secondary N) is 2. The van der Waals surface area contributed by atoms with E-state index in [2.05, 4.69) is 16.0 Å². The minimum absolute atomic E-state index is 0. The molecule has 6 rings (SSSR count). The van der Waals surface area contributed by atoms with Gasteiger partial charge < -0.3 is 14.7 Å². The van der Waals surface area contributed by atoms with Crippen LogP contribution in [0.3, 0.4) is 0 Å². The molecule has 0 radical (unpaired) electrons. The van der Waals surface area contributed by atoms with Crippen LogP contribution in [-0.2, 0) is 21.8 Å². The summed E-state index contributed by atoms with van der Waals surface area (Å²) in [7, 11) is 1.38. The molecule has 1 aromatic carbocycles. The first-order valence-corrected chi connectivity index (χ1v) is 10.9. The Kier molecular flexibility index (Phi) is 5.95. The van der Waals surface area contributed by atoms with E-state index in [9.17, 15) is 4.79 Å². The number of H-pyrrole nitrogens is 2. The van der Waals surface area contributed by atoms with Crippen LogP contribution in [0.15, 0.2) is 66.7 Å². The summed E-state index contributed by atoms with van der Waals surface area (Å²) in [5.74, 6) is -0.354. The number of rotatable bonds is 2. The van der Waals surface area contributed by atoms with Crippen LogP contribution >= 0.6 is 0 Å². The zero-order valence-corrected chi connectivity index (χ0v) is 19.8. The molecule has 0 aliphatic carbocycles. The first-order chi connectivity index (χ1) is 16.6. The van der Waals surface area contributed by atoms with E-state index in [4.69, 9.17) is 14.7 Å². The number of ether oxygens (including phenoxy) is 1. The molecule has 35 heavy (non-hydrogen) atoms. The molecule has 0 fully saturated rings. The largest absolute Gasteiger partial charge is 0.465 e. The fourth-order valence-electron chi connectivity index (χ4n) is 4.16. The molecule has 2 aliphatic rings. The van der Waals surface area contributed by atoms with Gasteiger partial charge in [-0.25, -0.2) is 14.8 Å². The number of carbonyl (C=O) groups is 1. The van der Waals surface area contributed by atoms with Crippen LogP contribution in [-0.4, -0.2) is 33.0 Å². The number of fused-ring (bicyclic) bond motifs is 8. The number of aromatic nitrogens is 4. The van der Waals surface area contributed by atoms with Crippen molar-refractivity contribution in [2.75, 3.05) is 7.11 Å². The Labute approximate surface area is 211 Å². The van der Waals surface area contributed by atoms with E-state index in [1.807, 2.05) is 72.8 Å². The maximum absolute atomic E-state index is 11.8. The first-order valence-electron chi connectivity index (χ1n) is 10.9. The van der Waals surface area contributed by atoms with E-state index in [0.717, 1.165) is 56.0 Å². The number of carbonyl (C=O) groups excluding carboxylic acids is 1. The number of hydrogen-bond donors (Lipinski definition) is 2. The van der Waals surface area contributed by atoms with Gasteiger partial charge >= 0.3 is 5.97 Å². The summed E-state index contributed by atoms with van der Waals surface area (Å²) in [6, 6.07) is 21.6. The third kappa shape index (κ3) is 4.60. The van der Waals surface area contributed by atoms with E-state index in [-0.39, 0.29) is 23.0 Å². The van der Waals surface area contributed by atoms with Gasteiger partial charge in [-0.1, -0.05) is 12.1 Å². The van der Waals surface area contributed by atoms with Crippen molar-refractivity contribution in [3.8, 4) is 11.1 Å². The van der Waals surface area contributed by atoms with E-state index in [1.165, 1.54) is 7.11 Å². The molecule has 7 heteroatoms. The van der Waals surface area contributed by atoms with Crippen molar-refractivity contribution in [3.05, 3.63) is 95.1 Å². The molecule has 0 spiro atoms. The van der Waals surface area contributed by atoms with Gasteiger partial charge in [-0.05, 0) is 84.5 Å². The first kappa shape index (κ1) is 22.6. The van der Waals surface area contributed by atoms with Gasteiger partial charge in [0.2, 0.25) is 0 Å². The minimum Gasteiger partial charge on any atom is -0.465 e. The Morgan fingerprint density at radius 1 is 0.686 bits per heavy atom. The molecular formula is C28H20FeN4O2. The third-order valence-corrected chi connectivity index (χ3v) is 5.79. The summed E-state index contributed by atoms with van der Waals surface area (Å²) in [4.78, 5) is 28.2. The van der Waals surface area contributed by atoms with Crippen molar-refractivity contribution in [3.63, 3.8) is 0 Å². The number of methoxy groups -OCH3 is 1. The summed E-state index contributed by atoms with van der Waals surface area (Å²) in [6.07, 6.45) is 8.00. The monoisotopic (exact) mass is 500 g/mol. The Morgan fingerprint density at radius 3 is 1.80 bits per heavy atom. The van der Waals surface area contributed by atoms with Gasteiger partial charge in [0.1, 0.15) is 0 Å². The van der Waals surface area contributed by atoms with Crippen LogP contribution in [0.25, 0.3) is 57.5 Å². The van der Waals surface area contributed by atoms with Gasteiger partial charge in [0, 0.05) is 44.7 Å². The maximum Gasteiger partial charge on any atom is 0.337 e. The normalized spacial score (nSPS) is 11.8. The van der Waals surface area contributed by atoms with Crippen LogP contribution in [0.1, 0.15) is 33.1 Å². The molecule has 4 aromatic rings. The van der Waals surface area contributed by atoms with Crippen LogP contribution in [0, 0.1) is 0 Å². The molecule has 6 nitrogen and oxygen atoms in total. The van der Waals surface area contributed by atoms with Crippen molar-refractivity contribution in [1.29, 1.82) is 0 Å². The van der Waals surface area contributed by atoms with E-state index >= 15 is 0 Å². The summed E-state index contributed by atoms with van der Waals surface area (Å²) in [5.41, 5.74) is 9.80. The zero-order chi connectivity index (χ0) is 23.1. The SMILES string of the molecule is COC(=O)c1ccc(-c2cc3cc4nc(cc5ccc(cc6nc(cc2[nH]3)C=C6)[nH]5)C=C4)cc1.[Fe]. The van der Waals surface area contributed by atoms with Crippen LogP contribution in [0.5, 0.6) is 0 Å². The van der Waals surface area contributed by atoms with Crippen LogP contribution in [0.2, 0.25) is 0 Å². The van der Waals surface area contributed by atoms with Crippen molar-refractivity contribution >= 4 is 52.3 Å². The second-order valence-electron chi connectivity index (χ2n) is 8.16. The smallest absolute Gasteiger partial charge is 0.337 e. The maximum atomic E-state index is 11.8. The van der Waals surface area contributed by atoms with Gasteiger partial charge in [0.15, 0.2) is 0 Å². The van der Waals surface area contributed by atoms with Gasteiger partial charge in [0.05, 0.1) is 35.4 Å². The Bertz CT molecular complexity index is 1660. The molecular weight excluding hydrogens is 480 g/mol. The molecule has 2 aliphatic heterocycles. The topological polar surface area (TPSA) is 83.7 Å². The molecule has 5 heterocycles. The van der Waals surface area contributed by atoms with E-state index < -0.39 is 0 Å². The standard InChI is InChI=1S/C28H20N4O2.Fe/c1-34-28(33)18-4-2-17(3-5-18)26-15-25-14-23-9-8-21(30-23)12-19-6-7-20(29-19)13-22-10-11-24(31-22)16-27(26)32-25;/h2-16,29,32H,1H3;. The quantitative estimate of drug-likeness (QED) is 0.222. The van der Waals surface area contributed by atoms with Gasteiger partial charge in [-0.2, -0.15) is 0 Å². The fraction of sp³-hybridized carbons (Fsp3) is 0.0357. The number of nitrogens with zero attached hydrogens (tertiary/aromatic N) is 2. The Morgan fingerprint density at radius 2 is 1.23 bits per heavy atom. The molecule has 0 amide bonds. The summed E-state index contributed by atoms with van der Waals surface area (Å²) in [6.45, 7) is 0. The van der Waals surface area contributed by atoms with Gasteiger partial charge in [-0.15, -0.1) is 0 Å². The molecule has 0 unspecified atom stereocenters. The number of benzene rings is 1. The average Bonchev–Trinajstić information content (AvgIpc) is 3.64. The summed E-state index contributed by atoms with van der Waals surface area (Å²) >= 11 is 0. The molecule has 0 saturated heterocycles. The Hall–Kier alpha value is -4.19. The van der Waals surface area contributed by atoms with Crippen molar-refractivity contribution in [2.45, 2.75) is 0 Å². The zero-order valence-electron chi connectivity index (χ0n) is 18.7. The molecule has 3 aromatic heterocycles. The molecule has 0 atom stereocenters. The predicted molar refractivity (Wildman–Crippen MR) is 136 cm³/mol. The third-order valence-electron chi connectivity index (χ3n) is 5.79. The van der Waals surface area contributed by atoms with Crippen LogP contribution in [0.4, 0.5) is 0 Å². The van der Waals surface area contributed by atoms with Crippen molar-refractivity contribution < 1.29 is 26.6 Å². The molecule has 8 bridgehead atoms. The minimum atomic E-state index is -0.354. The number of aromatic amines is 2. The fourth-order valence-corrected chi connectivity index (χ4v) is 4.16. The van der Waals surface area contributed by atoms with Gasteiger partial charge in [-0.3, -0.25) is 0 Å². The average molecular weight is 500 g/mol. The predicted octanol–water partition coefficient (Wildman–Crippen LogP) is 6.11. The van der Waals surface area contributed by atoms with Crippen LogP contribution < -0.4 is 0 Å². The molecule has 0 saturated carbocycles. The second kappa shape index (κ2) is 9.22. The molecule has 172 valence electrons. The van der Waals surface area contributed by atoms with E-state index in [0.29, 0.717) is 5.56 Å². The Balaban J connectivity index is 0.00000253. The number of hydrogen-bond acceptors (Lipinski definition) is 4.